The molecule has 1 aliphatic heterocycles. The van der Waals surface area contributed by atoms with Crippen LogP contribution in [0.15, 0.2) is 0 Å². The van der Waals surface area contributed by atoms with Crippen molar-refractivity contribution in [3.63, 3.8) is 0 Å². The summed E-state index contributed by atoms with van der Waals surface area (Å²) in [6, 6.07) is 0. The van der Waals surface area contributed by atoms with Crippen molar-refractivity contribution in [2.45, 2.75) is 123 Å². The van der Waals surface area contributed by atoms with E-state index in [-0.39, 0.29) is 43.8 Å². The highest BCUT2D eigenvalue weighted by Gasteiger charge is 2.40. The zero-order valence-corrected chi connectivity index (χ0v) is 26.5. The largest absolute Gasteiger partial charge is 0.465 e. The summed E-state index contributed by atoms with van der Waals surface area (Å²) in [5.74, 6) is -0.699. The molecule has 1 saturated heterocycles. The molecule has 0 aromatic rings. The number of ether oxygens (including phenoxy) is 5. The number of rotatable bonds is 26. The van der Waals surface area contributed by atoms with Crippen LogP contribution in [0, 0.1) is 11.3 Å². The van der Waals surface area contributed by atoms with Gasteiger partial charge in [0.1, 0.15) is 0 Å². The first kappa shape index (κ1) is 36.8. The Hall–Kier alpha value is -1.22. The number of carbonyl (C=O) groups is 2. The lowest BCUT2D eigenvalue weighted by molar-refractivity contribution is -0.162. The van der Waals surface area contributed by atoms with Gasteiger partial charge in [-0.3, -0.25) is 9.59 Å². The Labute approximate surface area is 245 Å². The summed E-state index contributed by atoms with van der Waals surface area (Å²) >= 11 is 0. The molecule has 8 heteroatoms. The van der Waals surface area contributed by atoms with Crippen molar-refractivity contribution in [1.29, 1.82) is 0 Å². The Morgan fingerprint density at radius 2 is 1.35 bits per heavy atom. The molecule has 236 valence electrons. The molecule has 2 atom stereocenters. The van der Waals surface area contributed by atoms with Gasteiger partial charge in [0.2, 0.25) is 0 Å². The van der Waals surface area contributed by atoms with Crippen molar-refractivity contribution in [3.8, 4) is 0 Å². The molecule has 0 N–H and O–H groups in total. The van der Waals surface area contributed by atoms with E-state index in [0.29, 0.717) is 32.8 Å². The van der Waals surface area contributed by atoms with E-state index in [4.69, 9.17) is 23.7 Å². The zero-order valence-electron chi connectivity index (χ0n) is 26.5. The minimum absolute atomic E-state index is 0.151. The molecule has 0 aliphatic carbocycles. The molecule has 1 heterocycles. The molecule has 0 amide bonds. The lowest BCUT2D eigenvalue weighted by Gasteiger charge is -2.23. The van der Waals surface area contributed by atoms with Crippen LogP contribution < -0.4 is 0 Å². The summed E-state index contributed by atoms with van der Waals surface area (Å²) in [7, 11) is 3.60. The minimum Gasteiger partial charge on any atom is -0.465 e. The molecule has 1 fully saturated rings. The van der Waals surface area contributed by atoms with Gasteiger partial charge in [-0.05, 0) is 39.8 Å². The fourth-order valence-corrected chi connectivity index (χ4v) is 5.03. The summed E-state index contributed by atoms with van der Waals surface area (Å²) in [6.45, 7) is 9.95. The first-order valence-corrected chi connectivity index (χ1v) is 16.1. The third kappa shape index (κ3) is 17.6. The van der Waals surface area contributed by atoms with E-state index in [0.717, 1.165) is 38.6 Å². The molecule has 1 aliphatic rings. The van der Waals surface area contributed by atoms with Crippen molar-refractivity contribution in [2.75, 3.05) is 60.3 Å². The highest BCUT2D eigenvalue weighted by atomic mass is 16.7. The van der Waals surface area contributed by atoms with Crippen LogP contribution in [-0.2, 0) is 33.3 Å². The molecule has 0 bridgehead atoms. The number of esters is 2. The topological polar surface area (TPSA) is 83.5 Å². The maximum atomic E-state index is 12.7. The Balaban J connectivity index is 2.40. The number of methoxy groups -OCH3 is 1. The Morgan fingerprint density at radius 3 is 1.88 bits per heavy atom. The zero-order chi connectivity index (χ0) is 29.5. The normalized spacial score (nSPS) is 18.4. The van der Waals surface area contributed by atoms with Crippen LogP contribution in [0.25, 0.3) is 0 Å². The van der Waals surface area contributed by atoms with Gasteiger partial charge in [0, 0.05) is 33.3 Å². The van der Waals surface area contributed by atoms with E-state index >= 15 is 0 Å². The van der Waals surface area contributed by atoms with E-state index in [2.05, 4.69) is 18.7 Å². The van der Waals surface area contributed by atoms with Crippen molar-refractivity contribution in [1.82, 2.24) is 4.90 Å². The maximum absolute atomic E-state index is 12.7. The average molecular weight is 572 g/mol. The minimum atomic E-state index is -0.483. The van der Waals surface area contributed by atoms with E-state index < -0.39 is 5.41 Å². The first-order chi connectivity index (χ1) is 19.3. The van der Waals surface area contributed by atoms with E-state index in [1.807, 2.05) is 14.0 Å². The predicted octanol–water partition coefficient (Wildman–Crippen LogP) is 6.54. The molecule has 0 aromatic heterocycles. The predicted molar refractivity (Wildman–Crippen MR) is 159 cm³/mol. The second-order valence-corrected chi connectivity index (χ2v) is 11.9. The number of unbranched alkanes of at least 4 members (excludes halogenated alkanes) is 10. The fourth-order valence-electron chi connectivity index (χ4n) is 5.03. The average Bonchev–Trinajstić information content (AvgIpc) is 3.30. The van der Waals surface area contributed by atoms with Gasteiger partial charge in [-0.1, -0.05) is 78.1 Å². The fraction of sp³-hybridized carbons (Fsp3) is 0.938. The van der Waals surface area contributed by atoms with Gasteiger partial charge in [-0.25, -0.2) is 0 Å². The Morgan fingerprint density at radius 1 is 0.800 bits per heavy atom. The molecule has 8 nitrogen and oxygen atoms in total. The second-order valence-electron chi connectivity index (χ2n) is 11.9. The van der Waals surface area contributed by atoms with Gasteiger partial charge in [0.05, 0.1) is 37.6 Å². The summed E-state index contributed by atoms with van der Waals surface area (Å²) in [6.07, 6.45) is 15.5. The van der Waals surface area contributed by atoms with Crippen LogP contribution in [0.1, 0.15) is 117 Å². The lowest BCUT2D eigenvalue weighted by atomic mass is 9.90. The number of likely N-dealkylation sites (tertiary alicyclic amines) is 1. The van der Waals surface area contributed by atoms with Gasteiger partial charge >= 0.3 is 11.9 Å². The summed E-state index contributed by atoms with van der Waals surface area (Å²) in [5.41, 5.74) is -0.483. The number of nitrogens with zero attached hydrogens (tertiary/aromatic N) is 1. The highest BCUT2D eigenvalue weighted by Crippen LogP contribution is 2.30. The molecule has 40 heavy (non-hydrogen) atoms. The van der Waals surface area contributed by atoms with Gasteiger partial charge in [-0.2, -0.15) is 0 Å². The van der Waals surface area contributed by atoms with Crippen molar-refractivity contribution < 1.29 is 33.3 Å². The molecule has 0 saturated carbocycles. The van der Waals surface area contributed by atoms with Crippen molar-refractivity contribution >= 4 is 11.9 Å². The van der Waals surface area contributed by atoms with Crippen molar-refractivity contribution in [2.24, 2.45) is 11.3 Å². The van der Waals surface area contributed by atoms with Gasteiger partial charge in [0.25, 0.3) is 0 Å². The van der Waals surface area contributed by atoms with Crippen LogP contribution in [0.2, 0.25) is 0 Å². The van der Waals surface area contributed by atoms with Crippen molar-refractivity contribution in [3.05, 3.63) is 0 Å². The highest BCUT2D eigenvalue weighted by molar-refractivity contribution is 5.77. The Bertz CT molecular complexity index is 629. The summed E-state index contributed by atoms with van der Waals surface area (Å²) in [5, 5.41) is 0. The summed E-state index contributed by atoms with van der Waals surface area (Å²) in [4.78, 5) is 27.4. The van der Waals surface area contributed by atoms with Crippen LogP contribution >= 0.6 is 0 Å². The molecule has 0 radical (unpaired) electrons. The molecule has 0 aromatic carbocycles. The van der Waals surface area contributed by atoms with E-state index in [9.17, 15) is 9.59 Å². The third-order valence-corrected chi connectivity index (χ3v) is 7.68. The number of hydrogen-bond donors (Lipinski definition) is 0. The monoisotopic (exact) mass is 571 g/mol. The smallest absolute Gasteiger partial charge is 0.313 e. The van der Waals surface area contributed by atoms with Gasteiger partial charge in [0.15, 0.2) is 6.29 Å². The van der Waals surface area contributed by atoms with Crippen LogP contribution in [0.5, 0.6) is 0 Å². The molecular weight excluding hydrogens is 510 g/mol. The SMILES string of the molecule is CCCCCCCCOC(CCC(=O)OCC(COC)COC(=O)C1(C)CCN(C)C1)OCCCCCCCC. The van der Waals surface area contributed by atoms with E-state index in [1.165, 1.54) is 51.4 Å². The molecule has 0 spiro atoms. The molecule has 2 unspecified atom stereocenters. The quantitative estimate of drug-likeness (QED) is 0.0658. The third-order valence-electron chi connectivity index (χ3n) is 7.68. The van der Waals surface area contributed by atoms with Gasteiger partial charge in [-0.15, -0.1) is 0 Å². The maximum Gasteiger partial charge on any atom is 0.313 e. The lowest BCUT2D eigenvalue weighted by Crippen LogP contribution is -2.34. The number of hydrogen-bond acceptors (Lipinski definition) is 8. The number of carbonyl (C=O) groups excluding carboxylic acids is 2. The van der Waals surface area contributed by atoms with E-state index in [1.54, 1.807) is 7.11 Å². The first-order valence-electron chi connectivity index (χ1n) is 16.1. The standard InChI is InChI=1S/C32H61NO7/c1-6-8-10-12-14-16-22-37-30(38-23-17-15-13-11-9-7-2)19-18-29(34)39-25-28(24-36-5)26-40-31(35)32(3)20-21-33(4)27-32/h28,30H,6-27H2,1-5H3. The summed E-state index contributed by atoms with van der Waals surface area (Å²) < 4.78 is 28.5. The molecular formula is C32H61NO7. The Kier molecular flexibility index (Phi) is 21.5. The van der Waals surface area contributed by atoms with Gasteiger partial charge < -0.3 is 28.6 Å². The van der Waals surface area contributed by atoms with Crippen LogP contribution in [0.4, 0.5) is 0 Å². The van der Waals surface area contributed by atoms with Crippen LogP contribution in [-0.4, -0.2) is 83.4 Å². The molecule has 1 rings (SSSR count). The second kappa shape index (κ2) is 23.4. The van der Waals surface area contributed by atoms with Crippen LogP contribution in [0.3, 0.4) is 0 Å².